The first kappa shape index (κ1) is 16.5. The molecule has 4 rings (SSSR count). The Balaban J connectivity index is 1.85. The lowest BCUT2D eigenvalue weighted by atomic mass is 10.2. The van der Waals surface area contributed by atoms with Crippen molar-refractivity contribution in [3.05, 3.63) is 78.0 Å². The highest BCUT2D eigenvalue weighted by Gasteiger charge is 2.12. The fourth-order valence-corrected chi connectivity index (χ4v) is 3.86. The summed E-state index contributed by atoms with van der Waals surface area (Å²) >= 11 is 19.4. The average molecular weight is 409 g/mol. The second kappa shape index (κ2) is 6.42. The van der Waals surface area contributed by atoms with E-state index in [1.807, 2.05) is 12.1 Å². The van der Waals surface area contributed by atoms with E-state index < -0.39 is 0 Å². The van der Waals surface area contributed by atoms with Crippen LogP contribution in [0, 0.1) is 0 Å². The Hall–Kier alpha value is -1.92. The van der Waals surface area contributed by atoms with Crippen molar-refractivity contribution in [2.75, 3.05) is 0 Å². The van der Waals surface area contributed by atoms with Crippen LogP contribution in [0.2, 0.25) is 15.1 Å². The Morgan fingerprint density at radius 3 is 2.32 bits per heavy atom. The molecular formula is C17H8Cl3N3OS. The molecule has 0 unspecified atom stereocenters. The van der Waals surface area contributed by atoms with E-state index in [-0.39, 0.29) is 5.56 Å². The molecule has 2 heterocycles. The first-order chi connectivity index (χ1) is 12.0. The molecular weight excluding hydrogens is 401 g/mol. The third kappa shape index (κ3) is 3.04. The van der Waals surface area contributed by atoms with Crippen LogP contribution in [-0.4, -0.2) is 14.6 Å². The van der Waals surface area contributed by atoms with Gasteiger partial charge in [-0.25, -0.2) is 0 Å². The molecule has 25 heavy (non-hydrogen) atoms. The van der Waals surface area contributed by atoms with Crippen molar-refractivity contribution in [3.8, 4) is 11.4 Å². The number of benzene rings is 2. The molecule has 0 saturated carbocycles. The molecule has 0 atom stereocenters. The van der Waals surface area contributed by atoms with Crippen LogP contribution in [0.3, 0.4) is 0 Å². The Morgan fingerprint density at radius 2 is 1.68 bits per heavy atom. The summed E-state index contributed by atoms with van der Waals surface area (Å²) in [6.45, 7) is 0. The summed E-state index contributed by atoms with van der Waals surface area (Å²) in [5, 5.41) is 5.88. The van der Waals surface area contributed by atoms with Gasteiger partial charge in [0.25, 0.3) is 5.56 Å². The number of aromatic nitrogens is 3. The lowest BCUT2D eigenvalue weighted by Crippen LogP contribution is -2.23. The van der Waals surface area contributed by atoms with E-state index in [2.05, 4.69) is 10.1 Å². The van der Waals surface area contributed by atoms with Crippen LogP contribution in [0.15, 0.2) is 47.3 Å². The van der Waals surface area contributed by atoms with Crippen LogP contribution in [0.1, 0.15) is 5.56 Å². The number of nitrogens with zero attached hydrogens (tertiary/aromatic N) is 3. The highest BCUT2D eigenvalue weighted by Crippen LogP contribution is 2.25. The fourth-order valence-electron chi connectivity index (χ4n) is 2.33. The summed E-state index contributed by atoms with van der Waals surface area (Å²) in [6, 6.07) is 12.3. The minimum Gasteiger partial charge on any atom is -0.266 e. The van der Waals surface area contributed by atoms with Gasteiger partial charge >= 0.3 is 0 Å². The number of thiazole rings is 1. The maximum absolute atomic E-state index is 12.6. The maximum atomic E-state index is 12.6. The van der Waals surface area contributed by atoms with E-state index in [1.54, 1.807) is 36.4 Å². The molecule has 0 spiro atoms. The largest absolute Gasteiger partial charge is 0.291 e. The zero-order chi connectivity index (χ0) is 17.6. The third-order valence-electron chi connectivity index (χ3n) is 3.56. The van der Waals surface area contributed by atoms with Crippen molar-refractivity contribution in [2.45, 2.75) is 0 Å². The molecule has 0 saturated heterocycles. The van der Waals surface area contributed by atoms with Crippen LogP contribution in [0.4, 0.5) is 0 Å². The molecule has 0 radical (unpaired) electrons. The van der Waals surface area contributed by atoms with Crippen LogP contribution < -0.4 is 10.1 Å². The zero-order valence-corrected chi connectivity index (χ0v) is 15.5. The van der Waals surface area contributed by atoms with Gasteiger partial charge in [-0.3, -0.25) is 4.79 Å². The summed E-state index contributed by atoms with van der Waals surface area (Å²) in [7, 11) is 0. The van der Waals surface area contributed by atoms with Crippen LogP contribution in [0.5, 0.6) is 0 Å². The van der Waals surface area contributed by atoms with E-state index in [0.29, 0.717) is 35.9 Å². The van der Waals surface area contributed by atoms with Crippen molar-refractivity contribution < 1.29 is 0 Å². The molecule has 0 amide bonds. The van der Waals surface area contributed by atoms with E-state index in [0.717, 1.165) is 5.56 Å². The molecule has 4 aromatic rings. The van der Waals surface area contributed by atoms with Gasteiger partial charge in [0.05, 0.1) is 4.53 Å². The van der Waals surface area contributed by atoms with Crippen molar-refractivity contribution >= 4 is 57.2 Å². The number of hydrogen-bond acceptors (Lipinski definition) is 4. The number of halogens is 3. The van der Waals surface area contributed by atoms with Gasteiger partial charge in [0.15, 0.2) is 5.82 Å². The smallest absolute Gasteiger partial charge is 0.266 e. The minimum absolute atomic E-state index is 0.260. The SMILES string of the molecule is O=c1c(=Cc2c(Cl)cccc2Cl)sc2nc(-c3ccc(Cl)cc3)nn12. The number of hydrogen-bond donors (Lipinski definition) is 0. The van der Waals surface area contributed by atoms with Gasteiger partial charge in [0.2, 0.25) is 4.96 Å². The summed E-state index contributed by atoms with van der Waals surface area (Å²) in [6.07, 6.45) is 1.66. The molecule has 124 valence electrons. The average Bonchev–Trinajstić information content (AvgIpc) is 3.12. The molecule has 2 aromatic carbocycles. The van der Waals surface area contributed by atoms with E-state index in [1.165, 1.54) is 15.9 Å². The zero-order valence-electron chi connectivity index (χ0n) is 12.4. The van der Waals surface area contributed by atoms with E-state index in [4.69, 9.17) is 34.8 Å². The highest BCUT2D eigenvalue weighted by atomic mass is 35.5. The lowest BCUT2D eigenvalue weighted by Gasteiger charge is -1.99. The summed E-state index contributed by atoms with van der Waals surface area (Å²) in [5.74, 6) is 0.474. The Labute approximate surface area is 160 Å². The second-order valence-electron chi connectivity index (χ2n) is 5.19. The second-order valence-corrected chi connectivity index (χ2v) is 7.45. The molecule has 8 heteroatoms. The first-order valence-electron chi connectivity index (χ1n) is 7.14. The maximum Gasteiger partial charge on any atom is 0.291 e. The first-order valence-corrected chi connectivity index (χ1v) is 9.09. The number of fused-ring (bicyclic) bond motifs is 1. The quantitative estimate of drug-likeness (QED) is 0.496. The van der Waals surface area contributed by atoms with E-state index in [9.17, 15) is 4.79 Å². The molecule has 0 aliphatic carbocycles. The Kier molecular flexibility index (Phi) is 4.25. The Bertz CT molecular complexity index is 1180. The third-order valence-corrected chi connectivity index (χ3v) is 5.43. The molecule has 4 nitrogen and oxygen atoms in total. The molecule has 0 aliphatic rings. The predicted molar refractivity (Wildman–Crippen MR) is 103 cm³/mol. The van der Waals surface area contributed by atoms with E-state index >= 15 is 0 Å². The molecule has 0 fully saturated rings. The van der Waals surface area contributed by atoms with Crippen molar-refractivity contribution in [1.29, 1.82) is 0 Å². The standard InChI is InChI=1S/C17H8Cl3N3OS/c18-10-6-4-9(5-7-10)15-21-17-23(22-15)16(24)14(25-17)8-11-12(19)2-1-3-13(11)20/h1-8H. The van der Waals surface area contributed by atoms with Crippen LogP contribution >= 0.6 is 46.1 Å². The van der Waals surface area contributed by atoms with Gasteiger partial charge in [-0.15, -0.1) is 5.10 Å². The van der Waals surface area contributed by atoms with Crippen LogP contribution in [-0.2, 0) is 0 Å². The molecule has 0 N–H and O–H groups in total. The minimum atomic E-state index is -0.260. The van der Waals surface area contributed by atoms with Crippen molar-refractivity contribution in [2.24, 2.45) is 0 Å². The van der Waals surface area contributed by atoms with Gasteiger partial charge in [0, 0.05) is 26.2 Å². The summed E-state index contributed by atoms with van der Waals surface area (Å²) < 4.78 is 1.75. The van der Waals surface area contributed by atoms with Crippen molar-refractivity contribution in [3.63, 3.8) is 0 Å². The molecule has 0 aliphatic heterocycles. The number of rotatable bonds is 2. The summed E-state index contributed by atoms with van der Waals surface area (Å²) in [5.41, 5.74) is 1.13. The van der Waals surface area contributed by atoms with Gasteiger partial charge in [-0.2, -0.15) is 9.50 Å². The normalized spacial score (nSPS) is 12.2. The van der Waals surface area contributed by atoms with Crippen molar-refractivity contribution in [1.82, 2.24) is 14.6 Å². The molecule has 2 aromatic heterocycles. The monoisotopic (exact) mass is 407 g/mol. The topological polar surface area (TPSA) is 47.3 Å². The van der Waals surface area contributed by atoms with Gasteiger partial charge in [-0.1, -0.05) is 52.2 Å². The highest BCUT2D eigenvalue weighted by molar-refractivity contribution is 7.15. The lowest BCUT2D eigenvalue weighted by molar-refractivity contribution is 0.937. The fraction of sp³-hybridized carbons (Fsp3) is 0. The van der Waals surface area contributed by atoms with Crippen LogP contribution in [0.25, 0.3) is 22.4 Å². The van der Waals surface area contributed by atoms with Gasteiger partial charge < -0.3 is 0 Å². The summed E-state index contributed by atoms with van der Waals surface area (Å²) in [4.78, 5) is 17.5. The Morgan fingerprint density at radius 1 is 1.00 bits per heavy atom. The van der Waals surface area contributed by atoms with Gasteiger partial charge in [0.1, 0.15) is 0 Å². The molecule has 0 bridgehead atoms. The van der Waals surface area contributed by atoms with Gasteiger partial charge in [-0.05, 0) is 42.5 Å². The predicted octanol–water partition coefficient (Wildman–Crippen LogP) is 4.33.